The van der Waals surface area contributed by atoms with Crippen molar-refractivity contribution >= 4 is 40.7 Å². The van der Waals surface area contributed by atoms with Crippen molar-refractivity contribution in [2.45, 2.75) is 17.6 Å². The van der Waals surface area contributed by atoms with Gasteiger partial charge in [0.15, 0.2) is 12.4 Å². The molecule has 0 saturated carbocycles. The van der Waals surface area contributed by atoms with E-state index in [0.717, 1.165) is 0 Å². The zero-order chi connectivity index (χ0) is 18.4. The van der Waals surface area contributed by atoms with Gasteiger partial charge in [-0.1, -0.05) is 23.4 Å². The molecule has 1 N–H and O–H groups in total. The van der Waals surface area contributed by atoms with Crippen molar-refractivity contribution in [2.75, 3.05) is 11.9 Å². The summed E-state index contributed by atoms with van der Waals surface area (Å²) in [6.45, 7) is 1.06. The number of thioether (sulfide) groups is 1. The number of carbonyl (C=O) groups excluding carboxylic acids is 2. The minimum Gasteiger partial charge on any atom is -0.483 e. The Morgan fingerprint density at radius 3 is 2.48 bits per heavy atom. The van der Waals surface area contributed by atoms with E-state index in [1.54, 1.807) is 6.07 Å². The quantitative estimate of drug-likeness (QED) is 0.545. The summed E-state index contributed by atoms with van der Waals surface area (Å²) in [7, 11) is 0. The summed E-state index contributed by atoms with van der Waals surface area (Å²) < 4.78 is 29.9. The highest BCUT2D eigenvalue weighted by Crippen LogP contribution is 2.26. The van der Waals surface area contributed by atoms with E-state index in [9.17, 15) is 18.4 Å². The van der Waals surface area contributed by atoms with Gasteiger partial charge in [-0.15, -0.1) is 0 Å². The molecule has 0 bridgehead atoms. The molecule has 8 heteroatoms. The fourth-order valence-corrected chi connectivity index (χ4v) is 2.63. The van der Waals surface area contributed by atoms with Crippen LogP contribution in [0.2, 0.25) is 5.02 Å². The number of amides is 1. The topological polar surface area (TPSA) is 55.4 Å². The Hall–Kier alpha value is -2.12. The third-order valence-electron chi connectivity index (χ3n) is 3.04. The lowest BCUT2D eigenvalue weighted by Crippen LogP contribution is -2.20. The average Bonchev–Trinajstić information content (AvgIpc) is 2.55. The second-order valence-electron chi connectivity index (χ2n) is 4.94. The number of ether oxygens (including phenoxy) is 1. The maximum absolute atomic E-state index is 12.3. The average molecular weight is 386 g/mol. The standard InChI is InChI=1S/C17H14ClF2NO3S/c1-10(22)14-8-11(18)2-7-15(14)24-9-16(23)21-12-3-5-13(6-4-12)25-17(19)20/h2-8,17H,9H2,1H3,(H,21,23). The fourth-order valence-electron chi connectivity index (χ4n) is 1.96. The number of anilines is 1. The van der Waals surface area contributed by atoms with Crippen LogP contribution >= 0.6 is 23.4 Å². The number of Topliss-reactive ketones (excluding diaryl/α,β-unsaturated/α-hetero) is 1. The molecule has 2 rings (SSSR count). The summed E-state index contributed by atoms with van der Waals surface area (Å²) in [5.41, 5.74) is 0.740. The number of benzene rings is 2. The van der Waals surface area contributed by atoms with Gasteiger partial charge in [-0.3, -0.25) is 9.59 Å². The summed E-state index contributed by atoms with van der Waals surface area (Å²) in [6, 6.07) is 10.6. The monoisotopic (exact) mass is 385 g/mol. The predicted octanol–water partition coefficient (Wildman–Crippen LogP) is 4.87. The van der Waals surface area contributed by atoms with Gasteiger partial charge in [0.05, 0.1) is 5.56 Å². The molecule has 132 valence electrons. The highest BCUT2D eigenvalue weighted by molar-refractivity contribution is 7.99. The molecule has 4 nitrogen and oxygen atoms in total. The van der Waals surface area contributed by atoms with E-state index in [1.165, 1.54) is 43.3 Å². The van der Waals surface area contributed by atoms with Gasteiger partial charge in [0.2, 0.25) is 0 Å². The van der Waals surface area contributed by atoms with Crippen molar-refractivity contribution in [2.24, 2.45) is 0 Å². The molecule has 0 radical (unpaired) electrons. The minimum absolute atomic E-state index is 0.231. The molecule has 0 aliphatic carbocycles. The molecule has 0 aliphatic rings. The first-order valence-corrected chi connectivity index (χ1v) is 8.39. The van der Waals surface area contributed by atoms with Crippen molar-refractivity contribution < 1.29 is 23.1 Å². The summed E-state index contributed by atoms with van der Waals surface area (Å²) >= 11 is 6.26. The first kappa shape index (κ1) is 19.2. The van der Waals surface area contributed by atoms with Crippen LogP contribution < -0.4 is 10.1 Å². The summed E-state index contributed by atoms with van der Waals surface area (Å²) in [6.07, 6.45) is 0. The van der Waals surface area contributed by atoms with Crippen molar-refractivity contribution in [3.8, 4) is 5.75 Å². The van der Waals surface area contributed by atoms with E-state index in [0.29, 0.717) is 27.4 Å². The van der Waals surface area contributed by atoms with Gasteiger partial charge in [-0.05, 0) is 49.4 Å². The zero-order valence-corrected chi connectivity index (χ0v) is 14.7. The van der Waals surface area contributed by atoms with Gasteiger partial charge in [0.25, 0.3) is 11.7 Å². The van der Waals surface area contributed by atoms with E-state index < -0.39 is 11.7 Å². The van der Waals surface area contributed by atoms with Crippen molar-refractivity contribution in [1.29, 1.82) is 0 Å². The van der Waals surface area contributed by atoms with E-state index in [2.05, 4.69) is 5.32 Å². The van der Waals surface area contributed by atoms with Gasteiger partial charge in [0.1, 0.15) is 5.75 Å². The molecule has 0 saturated heterocycles. The van der Waals surface area contributed by atoms with E-state index in [1.807, 2.05) is 0 Å². The van der Waals surface area contributed by atoms with Crippen LogP contribution in [0.1, 0.15) is 17.3 Å². The molecule has 25 heavy (non-hydrogen) atoms. The number of hydrogen-bond acceptors (Lipinski definition) is 4. The summed E-state index contributed by atoms with van der Waals surface area (Å²) in [4.78, 5) is 23.9. The molecular weight excluding hydrogens is 372 g/mol. The Morgan fingerprint density at radius 2 is 1.88 bits per heavy atom. The van der Waals surface area contributed by atoms with Crippen molar-refractivity contribution in [3.63, 3.8) is 0 Å². The molecule has 0 fully saturated rings. The van der Waals surface area contributed by atoms with Crippen LogP contribution in [-0.2, 0) is 4.79 Å². The van der Waals surface area contributed by atoms with Gasteiger partial charge in [0, 0.05) is 15.6 Å². The van der Waals surface area contributed by atoms with Crippen LogP contribution in [0.4, 0.5) is 14.5 Å². The molecule has 2 aromatic carbocycles. The number of ketones is 1. The van der Waals surface area contributed by atoms with Crippen LogP contribution in [-0.4, -0.2) is 24.1 Å². The fraction of sp³-hybridized carbons (Fsp3) is 0.176. The van der Waals surface area contributed by atoms with Gasteiger partial charge in [-0.25, -0.2) is 0 Å². The SMILES string of the molecule is CC(=O)c1cc(Cl)ccc1OCC(=O)Nc1ccc(SC(F)F)cc1. The number of alkyl halides is 2. The minimum atomic E-state index is -2.50. The van der Waals surface area contributed by atoms with Gasteiger partial charge < -0.3 is 10.1 Å². The van der Waals surface area contributed by atoms with Crippen LogP contribution in [0.15, 0.2) is 47.4 Å². The first-order valence-electron chi connectivity index (χ1n) is 7.13. The number of nitrogens with one attached hydrogen (secondary N) is 1. The number of carbonyl (C=O) groups is 2. The Labute approximate surface area is 152 Å². The maximum Gasteiger partial charge on any atom is 0.288 e. The number of rotatable bonds is 7. The lowest BCUT2D eigenvalue weighted by atomic mass is 10.1. The predicted molar refractivity (Wildman–Crippen MR) is 93.9 cm³/mol. The lowest BCUT2D eigenvalue weighted by molar-refractivity contribution is -0.118. The molecule has 1 amide bonds. The van der Waals surface area contributed by atoms with E-state index in [4.69, 9.17) is 16.3 Å². The van der Waals surface area contributed by atoms with E-state index >= 15 is 0 Å². The third-order valence-corrected chi connectivity index (χ3v) is 4.00. The second kappa shape index (κ2) is 8.82. The van der Waals surface area contributed by atoms with Crippen molar-refractivity contribution in [1.82, 2.24) is 0 Å². The third kappa shape index (κ3) is 6.03. The summed E-state index contributed by atoms with van der Waals surface area (Å²) in [5.74, 6) is -2.91. The van der Waals surface area contributed by atoms with Crippen molar-refractivity contribution in [3.05, 3.63) is 53.1 Å². The second-order valence-corrected chi connectivity index (χ2v) is 6.44. The largest absolute Gasteiger partial charge is 0.483 e. The first-order chi connectivity index (χ1) is 11.8. The smallest absolute Gasteiger partial charge is 0.288 e. The Bertz CT molecular complexity index is 769. The van der Waals surface area contributed by atoms with Gasteiger partial charge >= 0.3 is 0 Å². The Kier molecular flexibility index (Phi) is 6.78. The molecule has 0 heterocycles. The molecule has 0 aromatic heterocycles. The van der Waals surface area contributed by atoms with Crippen LogP contribution in [0, 0.1) is 0 Å². The number of halogens is 3. The highest BCUT2D eigenvalue weighted by Gasteiger charge is 2.12. The normalized spacial score (nSPS) is 10.6. The van der Waals surface area contributed by atoms with Crippen LogP contribution in [0.3, 0.4) is 0 Å². The van der Waals surface area contributed by atoms with Gasteiger partial charge in [-0.2, -0.15) is 8.78 Å². The maximum atomic E-state index is 12.3. The molecule has 2 aromatic rings. The Morgan fingerprint density at radius 1 is 1.20 bits per heavy atom. The number of hydrogen-bond donors (Lipinski definition) is 1. The Balaban J connectivity index is 1.94. The molecule has 0 spiro atoms. The lowest BCUT2D eigenvalue weighted by Gasteiger charge is -2.11. The zero-order valence-electron chi connectivity index (χ0n) is 13.1. The molecule has 0 atom stereocenters. The van der Waals surface area contributed by atoms with Crippen LogP contribution in [0.5, 0.6) is 5.75 Å². The molecular formula is C17H14ClF2NO3S. The molecule has 0 unspecified atom stereocenters. The van der Waals surface area contributed by atoms with Crippen LogP contribution in [0.25, 0.3) is 0 Å². The summed E-state index contributed by atoms with van der Waals surface area (Å²) in [5, 5.41) is 2.97. The molecule has 0 aliphatic heterocycles. The highest BCUT2D eigenvalue weighted by atomic mass is 35.5. The van der Waals surface area contributed by atoms with E-state index in [-0.39, 0.29) is 23.7 Å².